The molecule has 94 valence electrons. The molecule has 0 spiro atoms. The van der Waals surface area contributed by atoms with Gasteiger partial charge in [-0.3, -0.25) is 0 Å². The Labute approximate surface area is 112 Å². The quantitative estimate of drug-likeness (QED) is 0.920. The molecule has 0 aliphatic carbocycles. The highest BCUT2D eigenvalue weighted by Gasteiger charge is 2.12. The zero-order valence-corrected chi connectivity index (χ0v) is 11.3. The number of halogens is 1. The van der Waals surface area contributed by atoms with Gasteiger partial charge in [0, 0.05) is 17.4 Å². The van der Waals surface area contributed by atoms with Gasteiger partial charge >= 0.3 is 0 Å². The van der Waals surface area contributed by atoms with Gasteiger partial charge in [-0.15, -0.1) is 0 Å². The summed E-state index contributed by atoms with van der Waals surface area (Å²) in [4.78, 5) is 8.73. The molecule has 1 N–H and O–H groups in total. The van der Waals surface area contributed by atoms with Crippen LogP contribution in [-0.4, -0.2) is 17.0 Å². The normalized spacial score (nSPS) is 12.4. The summed E-state index contributed by atoms with van der Waals surface area (Å²) in [5.41, 5.74) is 2.28. The first-order valence-electron chi connectivity index (χ1n) is 5.89. The number of likely N-dealkylation sites (N-methyl/N-ethyl adjacent to an activating group) is 1. The Morgan fingerprint density at radius 3 is 2.33 bits per heavy atom. The van der Waals surface area contributed by atoms with Crippen molar-refractivity contribution in [1.29, 1.82) is 0 Å². The van der Waals surface area contributed by atoms with Crippen molar-refractivity contribution in [3.05, 3.63) is 58.6 Å². The van der Waals surface area contributed by atoms with Crippen LogP contribution in [0.2, 0.25) is 5.02 Å². The van der Waals surface area contributed by atoms with Crippen LogP contribution in [0.3, 0.4) is 0 Å². The average Bonchev–Trinajstić information content (AvgIpc) is 2.39. The third-order valence-electron chi connectivity index (χ3n) is 2.81. The monoisotopic (exact) mass is 261 g/mol. The maximum absolute atomic E-state index is 5.88. The number of hydrogen-bond donors (Lipinski definition) is 1. The first kappa shape index (κ1) is 13.0. The number of aromatic nitrogens is 2. The molecule has 0 amide bonds. The van der Waals surface area contributed by atoms with Gasteiger partial charge in [-0.1, -0.05) is 23.7 Å². The Bertz CT molecular complexity index is 493. The van der Waals surface area contributed by atoms with Crippen molar-refractivity contribution >= 4 is 11.6 Å². The molecule has 0 saturated carbocycles. The molecule has 0 radical (unpaired) electrons. The minimum absolute atomic E-state index is 0.117. The van der Waals surface area contributed by atoms with E-state index in [1.807, 2.05) is 50.6 Å². The number of benzene rings is 1. The SMILES string of the molecule is CNC(Cc1ccc(Cl)cc1)c1ncc(C)cn1. The number of aryl methyl sites for hydroxylation is 1. The van der Waals surface area contributed by atoms with Crippen LogP contribution >= 0.6 is 11.6 Å². The molecule has 3 nitrogen and oxygen atoms in total. The Hall–Kier alpha value is -1.45. The van der Waals surface area contributed by atoms with Crippen molar-refractivity contribution in [3.63, 3.8) is 0 Å². The van der Waals surface area contributed by atoms with E-state index in [0.717, 1.165) is 22.8 Å². The molecule has 0 fully saturated rings. The highest BCUT2D eigenvalue weighted by molar-refractivity contribution is 6.30. The summed E-state index contributed by atoms with van der Waals surface area (Å²) in [6, 6.07) is 7.98. The second-order valence-corrected chi connectivity index (χ2v) is 4.73. The van der Waals surface area contributed by atoms with Crippen molar-refractivity contribution in [1.82, 2.24) is 15.3 Å². The molecule has 1 aromatic heterocycles. The lowest BCUT2D eigenvalue weighted by Crippen LogP contribution is -2.21. The van der Waals surface area contributed by atoms with Gasteiger partial charge in [0.2, 0.25) is 0 Å². The third-order valence-corrected chi connectivity index (χ3v) is 3.07. The van der Waals surface area contributed by atoms with Gasteiger partial charge in [0.05, 0.1) is 6.04 Å². The summed E-state index contributed by atoms with van der Waals surface area (Å²) in [6.07, 6.45) is 4.53. The molecule has 1 heterocycles. The van der Waals surface area contributed by atoms with E-state index in [1.165, 1.54) is 5.56 Å². The predicted molar refractivity (Wildman–Crippen MR) is 73.7 cm³/mol. The topological polar surface area (TPSA) is 37.8 Å². The molecular formula is C14H16ClN3. The standard InChI is InChI=1S/C14H16ClN3/c1-10-8-17-14(18-9-10)13(16-2)7-11-3-5-12(15)6-4-11/h3-6,8-9,13,16H,7H2,1-2H3. The molecule has 1 unspecified atom stereocenters. The van der Waals surface area contributed by atoms with Crippen LogP contribution in [0.4, 0.5) is 0 Å². The molecule has 0 aliphatic heterocycles. The van der Waals surface area contributed by atoms with E-state index < -0.39 is 0 Å². The van der Waals surface area contributed by atoms with Gasteiger partial charge in [-0.2, -0.15) is 0 Å². The first-order chi connectivity index (χ1) is 8.69. The molecule has 0 aliphatic rings. The van der Waals surface area contributed by atoms with Crippen molar-refractivity contribution < 1.29 is 0 Å². The molecule has 2 rings (SSSR count). The van der Waals surface area contributed by atoms with Gasteiger partial charge < -0.3 is 5.32 Å². The highest BCUT2D eigenvalue weighted by atomic mass is 35.5. The van der Waals surface area contributed by atoms with Crippen LogP contribution in [0.1, 0.15) is 23.0 Å². The summed E-state index contributed by atoms with van der Waals surface area (Å²) in [6.45, 7) is 1.98. The molecule has 4 heteroatoms. The molecule has 0 bridgehead atoms. The molecule has 1 atom stereocenters. The number of nitrogens with zero attached hydrogens (tertiary/aromatic N) is 2. The van der Waals surface area contributed by atoms with Gasteiger partial charge in [0.25, 0.3) is 0 Å². The highest BCUT2D eigenvalue weighted by Crippen LogP contribution is 2.16. The summed E-state index contributed by atoms with van der Waals surface area (Å²) < 4.78 is 0. The lowest BCUT2D eigenvalue weighted by Gasteiger charge is -2.14. The minimum atomic E-state index is 0.117. The molecule has 2 aromatic rings. The van der Waals surface area contributed by atoms with Crippen molar-refractivity contribution in [2.75, 3.05) is 7.05 Å². The van der Waals surface area contributed by atoms with Gasteiger partial charge in [-0.05, 0) is 43.7 Å². The fourth-order valence-electron chi connectivity index (χ4n) is 1.76. The second kappa shape index (κ2) is 5.94. The van der Waals surface area contributed by atoms with Crippen LogP contribution in [-0.2, 0) is 6.42 Å². The van der Waals surface area contributed by atoms with Crippen LogP contribution in [0, 0.1) is 6.92 Å². The number of hydrogen-bond acceptors (Lipinski definition) is 3. The summed E-state index contributed by atoms with van der Waals surface area (Å²) in [5.74, 6) is 0.818. The predicted octanol–water partition coefficient (Wildman–Crippen LogP) is 2.94. The van der Waals surface area contributed by atoms with E-state index in [1.54, 1.807) is 0 Å². The maximum Gasteiger partial charge on any atom is 0.145 e. The molecule has 0 saturated heterocycles. The average molecular weight is 262 g/mol. The largest absolute Gasteiger partial charge is 0.310 e. The van der Waals surface area contributed by atoms with E-state index in [2.05, 4.69) is 15.3 Å². The van der Waals surface area contributed by atoms with Gasteiger partial charge in [0.1, 0.15) is 5.82 Å². The van der Waals surface area contributed by atoms with Crippen LogP contribution in [0.15, 0.2) is 36.7 Å². The summed E-state index contributed by atoms with van der Waals surface area (Å²) in [7, 11) is 1.92. The number of rotatable bonds is 4. The Kier molecular flexibility index (Phi) is 4.28. The third kappa shape index (κ3) is 3.28. The fraction of sp³-hybridized carbons (Fsp3) is 0.286. The smallest absolute Gasteiger partial charge is 0.145 e. The lowest BCUT2D eigenvalue weighted by molar-refractivity contribution is 0.556. The van der Waals surface area contributed by atoms with Crippen molar-refractivity contribution in [2.45, 2.75) is 19.4 Å². The van der Waals surface area contributed by atoms with E-state index in [-0.39, 0.29) is 6.04 Å². The Morgan fingerprint density at radius 1 is 1.17 bits per heavy atom. The van der Waals surface area contributed by atoms with Gasteiger partial charge in [0.15, 0.2) is 0 Å². The van der Waals surface area contributed by atoms with E-state index in [0.29, 0.717) is 0 Å². The lowest BCUT2D eigenvalue weighted by atomic mass is 10.1. The molecule has 18 heavy (non-hydrogen) atoms. The zero-order valence-electron chi connectivity index (χ0n) is 10.5. The van der Waals surface area contributed by atoms with E-state index in [4.69, 9.17) is 11.6 Å². The van der Waals surface area contributed by atoms with E-state index in [9.17, 15) is 0 Å². The molecule has 1 aromatic carbocycles. The minimum Gasteiger partial charge on any atom is -0.310 e. The maximum atomic E-state index is 5.88. The van der Waals surface area contributed by atoms with Crippen molar-refractivity contribution in [2.24, 2.45) is 0 Å². The zero-order chi connectivity index (χ0) is 13.0. The van der Waals surface area contributed by atoms with Crippen LogP contribution in [0.5, 0.6) is 0 Å². The first-order valence-corrected chi connectivity index (χ1v) is 6.27. The van der Waals surface area contributed by atoms with Gasteiger partial charge in [-0.25, -0.2) is 9.97 Å². The molecular weight excluding hydrogens is 246 g/mol. The second-order valence-electron chi connectivity index (χ2n) is 4.29. The van der Waals surface area contributed by atoms with Crippen molar-refractivity contribution in [3.8, 4) is 0 Å². The van der Waals surface area contributed by atoms with E-state index >= 15 is 0 Å². The fourth-order valence-corrected chi connectivity index (χ4v) is 1.89. The van der Waals surface area contributed by atoms with Crippen LogP contribution in [0.25, 0.3) is 0 Å². The number of nitrogens with one attached hydrogen (secondary N) is 1. The summed E-state index contributed by atoms with van der Waals surface area (Å²) >= 11 is 5.88. The van der Waals surface area contributed by atoms with Crippen LogP contribution < -0.4 is 5.32 Å². The Balaban J connectivity index is 2.14. The summed E-state index contributed by atoms with van der Waals surface area (Å²) in [5, 5.41) is 4.00. The Morgan fingerprint density at radius 2 is 1.78 bits per heavy atom.